The first-order valence-corrected chi connectivity index (χ1v) is 9.91. The zero-order valence-corrected chi connectivity index (χ0v) is 18.0. The number of ether oxygens (including phenoxy) is 4. The van der Waals surface area contributed by atoms with E-state index >= 15 is 0 Å². The van der Waals surface area contributed by atoms with Crippen LogP contribution in [0.1, 0.15) is 5.56 Å². The van der Waals surface area contributed by atoms with E-state index in [-0.39, 0.29) is 6.61 Å². The van der Waals surface area contributed by atoms with E-state index in [1.807, 2.05) is 0 Å². The summed E-state index contributed by atoms with van der Waals surface area (Å²) in [5, 5.41) is 0. The topological polar surface area (TPSA) is 112 Å². The van der Waals surface area contributed by atoms with Crippen molar-refractivity contribution in [3.63, 3.8) is 0 Å². The van der Waals surface area contributed by atoms with Gasteiger partial charge in [0.2, 0.25) is 6.10 Å². The van der Waals surface area contributed by atoms with E-state index in [1.165, 1.54) is 19.3 Å². The van der Waals surface area contributed by atoms with Crippen LogP contribution < -0.4 is 25.1 Å². The van der Waals surface area contributed by atoms with Crippen molar-refractivity contribution in [3.05, 3.63) is 58.6 Å². The quantitative estimate of drug-likeness (QED) is 0.361. The van der Waals surface area contributed by atoms with E-state index < -0.39 is 30.5 Å². The van der Waals surface area contributed by atoms with Crippen LogP contribution in [0, 0.1) is 0 Å². The Bertz CT molecular complexity index is 1010. The highest BCUT2D eigenvalue weighted by Crippen LogP contribution is 2.30. The summed E-state index contributed by atoms with van der Waals surface area (Å²) in [5.41, 5.74) is 5.02. The molecule has 31 heavy (non-hydrogen) atoms. The second kappa shape index (κ2) is 10.5. The standard InChI is InChI=1S/C21H19BrN2O7/c1-28-15-8-7-14(22)10-13(15)6-9-20(26)30-12-19(25)23-24-21(27)18-11-29-16-4-2-3-5-17(16)31-18/h2-10,18H,11-12H2,1H3,(H,23,25)(H,24,27)/b9-6+. The van der Waals surface area contributed by atoms with Gasteiger partial charge >= 0.3 is 5.97 Å². The van der Waals surface area contributed by atoms with Gasteiger partial charge in [-0.15, -0.1) is 0 Å². The first-order chi connectivity index (χ1) is 15.0. The summed E-state index contributed by atoms with van der Waals surface area (Å²) in [6, 6.07) is 12.2. The summed E-state index contributed by atoms with van der Waals surface area (Å²) in [7, 11) is 1.51. The second-order valence-corrected chi connectivity index (χ2v) is 7.14. The maximum atomic E-state index is 12.1. The van der Waals surface area contributed by atoms with Crippen LogP contribution in [0.5, 0.6) is 17.2 Å². The third-order valence-corrected chi connectivity index (χ3v) is 4.56. The predicted octanol–water partition coefficient (Wildman–Crippen LogP) is 2.00. The molecule has 3 rings (SSSR count). The smallest absolute Gasteiger partial charge is 0.331 e. The third-order valence-electron chi connectivity index (χ3n) is 4.06. The number of hydrazine groups is 1. The third kappa shape index (κ3) is 6.22. The minimum Gasteiger partial charge on any atom is -0.496 e. The van der Waals surface area contributed by atoms with Crippen LogP contribution in [-0.4, -0.2) is 44.2 Å². The lowest BCUT2D eigenvalue weighted by atomic mass is 10.2. The molecular formula is C21H19BrN2O7. The fraction of sp³-hybridized carbons (Fsp3) is 0.190. The summed E-state index contributed by atoms with van der Waals surface area (Å²) in [6.07, 6.45) is 1.74. The van der Waals surface area contributed by atoms with E-state index in [4.69, 9.17) is 18.9 Å². The molecule has 1 atom stereocenters. The first-order valence-electron chi connectivity index (χ1n) is 9.12. The number of nitrogens with one attached hydrogen (secondary N) is 2. The SMILES string of the molecule is COc1ccc(Br)cc1/C=C/C(=O)OCC(=O)NNC(=O)C1COc2ccccc2O1. The minimum absolute atomic E-state index is 0.00242. The van der Waals surface area contributed by atoms with E-state index in [1.54, 1.807) is 42.5 Å². The molecule has 0 radical (unpaired) electrons. The Morgan fingerprint density at radius 3 is 2.71 bits per heavy atom. The number of fused-ring (bicyclic) bond motifs is 1. The molecule has 2 N–H and O–H groups in total. The molecule has 1 aliphatic rings. The molecule has 10 heteroatoms. The van der Waals surface area contributed by atoms with Gasteiger partial charge in [0.15, 0.2) is 18.1 Å². The van der Waals surface area contributed by atoms with Crippen LogP contribution in [0.4, 0.5) is 0 Å². The summed E-state index contributed by atoms with van der Waals surface area (Å²) >= 11 is 3.34. The van der Waals surface area contributed by atoms with Gasteiger partial charge in [-0.2, -0.15) is 0 Å². The van der Waals surface area contributed by atoms with Gasteiger partial charge in [0.25, 0.3) is 11.8 Å². The number of carbonyl (C=O) groups is 3. The highest BCUT2D eigenvalue weighted by atomic mass is 79.9. The van der Waals surface area contributed by atoms with E-state index in [2.05, 4.69) is 26.8 Å². The Balaban J connectivity index is 1.41. The van der Waals surface area contributed by atoms with Crippen molar-refractivity contribution in [1.29, 1.82) is 0 Å². The van der Waals surface area contributed by atoms with Crippen LogP contribution in [0.15, 0.2) is 53.0 Å². The fourth-order valence-electron chi connectivity index (χ4n) is 2.57. The zero-order valence-electron chi connectivity index (χ0n) is 16.4. The maximum Gasteiger partial charge on any atom is 0.331 e. The van der Waals surface area contributed by atoms with Gasteiger partial charge in [-0.05, 0) is 36.4 Å². The Morgan fingerprint density at radius 2 is 1.94 bits per heavy atom. The van der Waals surface area contributed by atoms with Crippen molar-refractivity contribution in [1.82, 2.24) is 10.9 Å². The molecule has 2 aromatic carbocycles. The molecular weight excluding hydrogens is 472 g/mol. The van der Waals surface area contributed by atoms with Gasteiger partial charge in [0.05, 0.1) is 7.11 Å². The lowest BCUT2D eigenvalue weighted by Gasteiger charge is -2.25. The second-order valence-electron chi connectivity index (χ2n) is 6.23. The molecule has 162 valence electrons. The average Bonchev–Trinajstić information content (AvgIpc) is 2.79. The molecule has 2 amide bonds. The molecule has 9 nitrogen and oxygen atoms in total. The largest absolute Gasteiger partial charge is 0.496 e. The number of carbonyl (C=O) groups excluding carboxylic acids is 3. The van der Waals surface area contributed by atoms with Gasteiger partial charge in [-0.3, -0.25) is 20.4 Å². The van der Waals surface area contributed by atoms with Gasteiger partial charge in [0.1, 0.15) is 12.4 Å². The normalized spacial score (nSPS) is 14.6. The fourth-order valence-corrected chi connectivity index (χ4v) is 2.95. The number of amides is 2. The van der Waals surface area contributed by atoms with Crippen molar-refractivity contribution in [2.24, 2.45) is 0 Å². The lowest BCUT2D eigenvalue weighted by molar-refractivity contribution is -0.145. The van der Waals surface area contributed by atoms with Crippen molar-refractivity contribution < 1.29 is 33.3 Å². The minimum atomic E-state index is -0.930. The summed E-state index contributed by atoms with van der Waals surface area (Å²) in [6.45, 7) is -0.582. The number of esters is 1. The van der Waals surface area contributed by atoms with Crippen LogP contribution in [0.3, 0.4) is 0 Å². The Hall–Kier alpha value is -3.53. The molecule has 0 bridgehead atoms. The van der Waals surface area contributed by atoms with Crippen molar-refractivity contribution in [2.75, 3.05) is 20.3 Å². The van der Waals surface area contributed by atoms with Crippen LogP contribution in [0.25, 0.3) is 6.08 Å². The average molecular weight is 491 g/mol. The molecule has 0 saturated carbocycles. The zero-order chi connectivity index (χ0) is 22.2. The van der Waals surface area contributed by atoms with Crippen LogP contribution in [-0.2, 0) is 19.1 Å². The Morgan fingerprint density at radius 1 is 1.16 bits per heavy atom. The molecule has 1 heterocycles. The van der Waals surface area contributed by atoms with Gasteiger partial charge in [0, 0.05) is 16.1 Å². The van der Waals surface area contributed by atoms with E-state index in [0.717, 1.165) is 4.47 Å². The predicted molar refractivity (Wildman–Crippen MR) is 113 cm³/mol. The molecule has 0 aliphatic carbocycles. The maximum absolute atomic E-state index is 12.1. The number of benzene rings is 2. The first kappa shape index (κ1) is 22.2. The summed E-state index contributed by atoms with van der Waals surface area (Å²) in [5.74, 6) is -0.504. The highest BCUT2D eigenvalue weighted by Gasteiger charge is 2.27. The number of hydrogen-bond acceptors (Lipinski definition) is 7. The lowest BCUT2D eigenvalue weighted by Crippen LogP contribution is -2.51. The number of halogens is 1. The molecule has 0 fully saturated rings. The Kier molecular flexibility index (Phi) is 7.50. The monoisotopic (exact) mass is 490 g/mol. The van der Waals surface area contributed by atoms with Crippen molar-refractivity contribution in [2.45, 2.75) is 6.10 Å². The molecule has 0 saturated heterocycles. The van der Waals surface area contributed by atoms with Crippen LogP contribution >= 0.6 is 15.9 Å². The number of hydrogen-bond donors (Lipinski definition) is 2. The molecule has 0 aromatic heterocycles. The number of rotatable bonds is 6. The Labute approximate surface area is 186 Å². The van der Waals surface area contributed by atoms with Crippen molar-refractivity contribution in [3.8, 4) is 17.2 Å². The van der Waals surface area contributed by atoms with Gasteiger partial charge in [-0.25, -0.2) is 4.79 Å². The number of para-hydroxylation sites is 2. The van der Waals surface area contributed by atoms with Crippen LogP contribution in [0.2, 0.25) is 0 Å². The van der Waals surface area contributed by atoms with E-state index in [9.17, 15) is 14.4 Å². The summed E-state index contributed by atoms with van der Waals surface area (Å²) < 4.78 is 21.8. The molecule has 1 aliphatic heterocycles. The molecule has 0 spiro atoms. The number of methoxy groups -OCH3 is 1. The van der Waals surface area contributed by atoms with Gasteiger partial charge in [-0.1, -0.05) is 28.1 Å². The van der Waals surface area contributed by atoms with Gasteiger partial charge < -0.3 is 18.9 Å². The molecule has 1 unspecified atom stereocenters. The molecule has 2 aromatic rings. The van der Waals surface area contributed by atoms with E-state index in [0.29, 0.717) is 22.8 Å². The highest BCUT2D eigenvalue weighted by molar-refractivity contribution is 9.10. The summed E-state index contributed by atoms with van der Waals surface area (Å²) in [4.78, 5) is 35.8. The van der Waals surface area contributed by atoms with Crippen molar-refractivity contribution >= 4 is 39.8 Å².